The number of ether oxygens (including phenoxy) is 1. The van der Waals surface area contributed by atoms with Gasteiger partial charge in [0.15, 0.2) is 0 Å². The first-order valence-electron chi connectivity index (χ1n) is 6.51. The maximum atomic E-state index is 12.0. The van der Waals surface area contributed by atoms with Gasteiger partial charge in [-0.15, -0.1) is 0 Å². The molecular formula is C14H20N2O3. The molecule has 19 heavy (non-hydrogen) atoms. The smallest absolute Gasteiger partial charge is 0.237 e. The molecule has 1 heterocycles. The SMILES string of the molecule is CC1OCCC1NC(=O)[C@H](N)Cc1ccc(O)cc1. The third-order valence-electron chi connectivity index (χ3n) is 3.43. The quantitative estimate of drug-likeness (QED) is 0.741. The highest BCUT2D eigenvalue weighted by molar-refractivity contribution is 5.82. The van der Waals surface area contributed by atoms with Gasteiger partial charge in [-0.25, -0.2) is 0 Å². The van der Waals surface area contributed by atoms with E-state index in [0.29, 0.717) is 13.0 Å². The number of phenolic OH excluding ortho intramolecular Hbond substituents is 1. The van der Waals surface area contributed by atoms with Gasteiger partial charge in [0.1, 0.15) is 5.75 Å². The van der Waals surface area contributed by atoms with Gasteiger partial charge >= 0.3 is 0 Å². The Bertz CT molecular complexity index is 433. The number of carbonyl (C=O) groups is 1. The van der Waals surface area contributed by atoms with Gasteiger partial charge in [0.25, 0.3) is 0 Å². The molecule has 0 radical (unpaired) electrons. The minimum absolute atomic E-state index is 0.0461. The van der Waals surface area contributed by atoms with Crippen LogP contribution < -0.4 is 11.1 Å². The highest BCUT2D eigenvalue weighted by Gasteiger charge is 2.27. The van der Waals surface area contributed by atoms with Gasteiger partial charge in [-0.3, -0.25) is 4.79 Å². The standard InChI is InChI=1S/C14H20N2O3/c1-9-13(6-7-19-9)16-14(18)12(15)8-10-2-4-11(17)5-3-10/h2-5,9,12-13,17H,6-8,15H2,1H3,(H,16,18)/t9?,12-,13?/m1/s1. The maximum absolute atomic E-state index is 12.0. The fourth-order valence-corrected chi connectivity index (χ4v) is 2.19. The van der Waals surface area contributed by atoms with Crippen molar-refractivity contribution in [2.45, 2.75) is 38.0 Å². The molecule has 1 aliphatic heterocycles. The van der Waals surface area contributed by atoms with Crippen LogP contribution in [0.25, 0.3) is 0 Å². The van der Waals surface area contributed by atoms with Gasteiger partial charge in [-0.1, -0.05) is 12.1 Å². The van der Waals surface area contributed by atoms with Crippen molar-refractivity contribution in [3.05, 3.63) is 29.8 Å². The first kappa shape index (κ1) is 13.8. The van der Waals surface area contributed by atoms with Crippen molar-refractivity contribution in [1.29, 1.82) is 0 Å². The zero-order valence-electron chi connectivity index (χ0n) is 11.0. The molecule has 1 aromatic carbocycles. The van der Waals surface area contributed by atoms with Crippen LogP contribution in [0, 0.1) is 0 Å². The Kier molecular flexibility index (Phi) is 4.39. The van der Waals surface area contributed by atoms with Gasteiger partial charge in [0.2, 0.25) is 5.91 Å². The minimum Gasteiger partial charge on any atom is -0.508 e. The fraction of sp³-hybridized carbons (Fsp3) is 0.500. The van der Waals surface area contributed by atoms with Crippen LogP contribution in [-0.2, 0) is 16.0 Å². The van der Waals surface area contributed by atoms with Crippen molar-refractivity contribution >= 4 is 5.91 Å². The monoisotopic (exact) mass is 264 g/mol. The van der Waals surface area contributed by atoms with Crippen LogP contribution in [0.1, 0.15) is 18.9 Å². The second-order valence-corrected chi connectivity index (χ2v) is 4.96. The summed E-state index contributed by atoms with van der Waals surface area (Å²) in [6.07, 6.45) is 1.33. The predicted molar refractivity (Wildman–Crippen MR) is 71.7 cm³/mol. The summed E-state index contributed by atoms with van der Waals surface area (Å²) >= 11 is 0. The van der Waals surface area contributed by atoms with Crippen LogP contribution in [0.5, 0.6) is 5.75 Å². The molecule has 1 saturated heterocycles. The van der Waals surface area contributed by atoms with Crippen LogP contribution in [0.2, 0.25) is 0 Å². The molecule has 0 aliphatic carbocycles. The van der Waals surface area contributed by atoms with E-state index < -0.39 is 6.04 Å². The van der Waals surface area contributed by atoms with E-state index in [0.717, 1.165) is 12.0 Å². The zero-order chi connectivity index (χ0) is 13.8. The molecule has 0 saturated carbocycles. The van der Waals surface area contributed by atoms with Gasteiger partial charge in [-0.05, 0) is 37.5 Å². The summed E-state index contributed by atoms with van der Waals surface area (Å²) in [6.45, 7) is 2.63. The Labute approximate surface area is 112 Å². The molecule has 3 atom stereocenters. The number of aromatic hydroxyl groups is 1. The molecule has 1 fully saturated rings. The fourth-order valence-electron chi connectivity index (χ4n) is 2.19. The summed E-state index contributed by atoms with van der Waals surface area (Å²) in [5, 5.41) is 12.1. The Hall–Kier alpha value is -1.59. The van der Waals surface area contributed by atoms with E-state index in [-0.39, 0.29) is 23.8 Å². The molecule has 0 spiro atoms. The molecule has 0 bridgehead atoms. The summed E-state index contributed by atoms with van der Waals surface area (Å²) in [5.74, 6) is 0.0501. The maximum Gasteiger partial charge on any atom is 0.237 e. The van der Waals surface area contributed by atoms with E-state index in [1.807, 2.05) is 6.92 Å². The summed E-state index contributed by atoms with van der Waals surface area (Å²) in [7, 11) is 0. The third kappa shape index (κ3) is 3.68. The number of benzene rings is 1. The van der Waals surface area contributed by atoms with Gasteiger partial charge in [0.05, 0.1) is 18.2 Å². The molecule has 2 unspecified atom stereocenters. The number of hydrogen-bond donors (Lipinski definition) is 3. The van der Waals surface area contributed by atoms with Crippen LogP contribution in [0.4, 0.5) is 0 Å². The van der Waals surface area contributed by atoms with Crippen molar-refractivity contribution in [3.63, 3.8) is 0 Å². The number of nitrogens with two attached hydrogens (primary N) is 1. The third-order valence-corrected chi connectivity index (χ3v) is 3.43. The highest BCUT2D eigenvalue weighted by atomic mass is 16.5. The number of phenols is 1. The number of amides is 1. The van der Waals surface area contributed by atoms with Crippen LogP contribution in [0.3, 0.4) is 0 Å². The average molecular weight is 264 g/mol. The number of hydrogen-bond acceptors (Lipinski definition) is 4. The highest BCUT2D eigenvalue weighted by Crippen LogP contribution is 2.14. The van der Waals surface area contributed by atoms with Gasteiger partial charge in [-0.2, -0.15) is 0 Å². The minimum atomic E-state index is -0.586. The Morgan fingerprint density at radius 1 is 1.53 bits per heavy atom. The van der Waals surface area contributed by atoms with Crippen molar-refractivity contribution in [2.24, 2.45) is 5.73 Å². The lowest BCUT2D eigenvalue weighted by Gasteiger charge is -2.19. The molecule has 1 aliphatic rings. The average Bonchev–Trinajstić information content (AvgIpc) is 2.78. The largest absolute Gasteiger partial charge is 0.508 e. The predicted octanol–water partition coefficient (Wildman–Crippen LogP) is 0.556. The first-order valence-corrected chi connectivity index (χ1v) is 6.51. The second-order valence-electron chi connectivity index (χ2n) is 4.96. The van der Waals surface area contributed by atoms with E-state index >= 15 is 0 Å². The Morgan fingerprint density at radius 2 is 2.21 bits per heavy atom. The summed E-state index contributed by atoms with van der Waals surface area (Å²) in [6, 6.07) is 6.18. The lowest BCUT2D eigenvalue weighted by atomic mass is 10.0. The van der Waals surface area contributed by atoms with E-state index in [2.05, 4.69) is 5.32 Å². The molecular weight excluding hydrogens is 244 g/mol. The summed E-state index contributed by atoms with van der Waals surface area (Å²) in [5.41, 5.74) is 6.82. The number of nitrogens with one attached hydrogen (secondary N) is 1. The molecule has 4 N–H and O–H groups in total. The molecule has 104 valence electrons. The lowest BCUT2D eigenvalue weighted by Crippen LogP contribution is -2.48. The zero-order valence-corrected chi connectivity index (χ0v) is 11.0. The number of carbonyl (C=O) groups excluding carboxylic acids is 1. The summed E-state index contributed by atoms with van der Waals surface area (Å²) < 4.78 is 5.39. The first-order chi connectivity index (χ1) is 9.06. The molecule has 5 nitrogen and oxygen atoms in total. The van der Waals surface area contributed by atoms with Crippen LogP contribution in [0.15, 0.2) is 24.3 Å². The molecule has 2 rings (SSSR count). The normalized spacial score (nSPS) is 24.1. The lowest BCUT2D eigenvalue weighted by molar-refractivity contribution is -0.123. The Balaban J connectivity index is 1.86. The van der Waals surface area contributed by atoms with Crippen LogP contribution in [-0.4, -0.2) is 35.8 Å². The molecule has 0 aromatic heterocycles. The van der Waals surface area contributed by atoms with Crippen molar-refractivity contribution in [3.8, 4) is 5.75 Å². The van der Waals surface area contributed by atoms with E-state index in [9.17, 15) is 9.90 Å². The number of rotatable bonds is 4. The van der Waals surface area contributed by atoms with Crippen LogP contribution >= 0.6 is 0 Å². The van der Waals surface area contributed by atoms with E-state index in [1.165, 1.54) is 0 Å². The van der Waals surface area contributed by atoms with Crippen molar-refractivity contribution < 1.29 is 14.6 Å². The van der Waals surface area contributed by atoms with E-state index in [4.69, 9.17) is 10.5 Å². The molecule has 1 aromatic rings. The van der Waals surface area contributed by atoms with Crippen molar-refractivity contribution in [1.82, 2.24) is 5.32 Å². The summed E-state index contributed by atoms with van der Waals surface area (Å²) in [4.78, 5) is 12.0. The molecule has 5 heteroatoms. The topological polar surface area (TPSA) is 84.6 Å². The molecule has 1 amide bonds. The van der Waals surface area contributed by atoms with Crippen molar-refractivity contribution in [2.75, 3.05) is 6.61 Å². The van der Waals surface area contributed by atoms with E-state index in [1.54, 1.807) is 24.3 Å². The Morgan fingerprint density at radius 3 is 2.79 bits per heavy atom. The van der Waals surface area contributed by atoms with Gasteiger partial charge in [0, 0.05) is 6.61 Å². The van der Waals surface area contributed by atoms with Gasteiger partial charge < -0.3 is 20.9 Å². The second kappa shape index (κ2) is 6.04.